The van der Waals surface area contributed by atoms with E-state index in [-0.39, 0.29) is 23.6 Å². The number of halogens is 1. The molecule has 148 valence electrons. The number of rotatable bonds is 7. The van der Waals surface area contributed by atoms with Gasteiger partial charge in [0.2, 0.25) is 11.8 Å². The molecule has 27 heavy (non-hydrogen) atoms. The first kappa shape index (κ1) is 20.2. The molecule has 0 aromatic carbocycles. The summed E-state index contributed by atoms with van der Waals surface area (Å²) in [6, 6.07) is 2.21. The largest absolute Gasteiger partial charge is 0.353 e. The van der Waals surface area contributed by atoms with E-state index in [2.05, 4.69) is 27.1 Å². The van der Waals surface area contributed by atoms with Gasteiger partial charge in [-0.3, -0.25) is 9.59 Å². The smallest absolute Gasteiger partial charge is 0.230 e. The van der Waals surface area contributed by atoms with Crippen molar-refractivity contribution in [1.82, 2.24) is 20.2 Å². The average molecular weight is 412 g/mol. The summed E-state index contributed by atoms with van der Waals surface area (Å²) in [4.78, 5) is 37.0. The number of thioether (sulfide) groups is 1. The van der Waals surface area contributed by atoms with Gasteiger partial charge in [0.15, 0.2) is 5.16 Å². The van der Waals surface area contributed by atoms with Crippen molar-refractivity contribution in [1.29, 1.82) is 0 Å². The van der Waals surface area contributed by atoms with Gasteiger partial charge >= 0.3 is 0 Å². The molecule has 2 heterocycles. The van der Waals surface area contributed by atoms with E-state index >= 15 is 0 Å². The van der Waals surface area contributed by atoms with Gasteiger partial charge in [0.05, 0.1) is 5.75 Å². The zero-order valence-electron chi connectivity index (χ0n) is 15.8. The second-order valence-corrected chi connectivity index (χ2v) is 8.42. The predicted molar refractivity (Wildman–Crippen MR) is 107 cm³/mol. The van der Waals surface area contributed by atoms with Gasteiger partial charge in [-0.15, -0.1) is 0 Å². The highest BCUT2D eigenvalue weighted by molar-refractivity contribution is 7.99. The van der Waals surface area contributed by atoms with Crippen LogP contribution in [0.3, 0.4) is 0 Å². The van der Waals surface area contributed by atoms with Crippen LogP contribution >= 0.6 is 23.4 Å². The SMILES string of the molecule is CCCC(=O)N1CCN(c2cc(Cl)nc(SCC(=O)NC3CC3)n2)C[C@@H]1C. The highest BCUT2D eigenvalue weighted by Crippen LogP contribution is 2.25. The van der Waals surface area contributed by atoms with Crippen molar-refractivity contribution in [3.63, 3.8) is 0 Å². The van der Waals surface area contributed by atoms with Crippen molar-refractivity contribution in [3.8, 4) is 0 Å². The first-order chi connectivity index (χ1) is 13.0. The van der Waals surface area contributed by atoms with Gasteiger partial charge in [-0.25, -0.2) is 9.97 Å². The number of carbonyl (C=O) groups is 2. The molecule has 0 radical (unpaired) electrons. The van der Waals surface area contributed by atoms with E-state index in [0.717, 1.165) is 25.1 Å². The van der Waals surface area contributed by atoms with Crippen LogP contribution in [0.2, 0.25) is 5.15 Å². The Kier molecular flexibility index (Phi) is 6.81. The minimum Gasteiger partial charge on any atom is -0.353 e. The topological polar surface area (TPSA) is 78.4 Å². The number of carbonyl (C=O) groups excluding carboxylic acids is 2. The second kappa shape index (κ2) is 9.10. The van der Waals surface area contributed by atoms with Crippen LogP contribution in [-0.4, -0.2) is 64.2 Å². The number of hydrogen-bond donors (Lipinski definition) is 1. The van der Waals surface area contributed by atoms with Crippen LogP contribution in [-0.2, 0) is 9.59 Å². The highest BCUT2D eigenvalue weighted by Gasteiger charge is 2.28. The third-order valence-corrected chi connectivity index (χ3v) is 5.71. The molecule has 0 unspecified atom stereocenters. The summed E-state index contributed by atoms with van der Waals surface area (Å²) in [7, 11) is 0. The second-order valence-electron chi connectivity index (χ2n) is 7.09. The van der Waals surface area contributed by atoms with Crippen molar-refractivity contribution in [2.75, 3.05) is 30.3 Å². The summed E-state index contributed by atoms with van der Waals surface area (Å²) in [5.41, 5.74) is 0. The number of piperazine rings is 1. The quantitative estimate of drug-likeness (QED) is 0.421. The zero-order chi connectivity index (χ0) is 19.4. The van der Waals surface area contributed by atoms with E-state index in [0.29, 0.717) is 42.4 Å². The van der Waals surface area contributed by atoms with Gasteiger partial charge in [-0.05, 0) is 26.2 Å². The number of amides is 2. The minimum absolute atomic E-state index is 0.00398. The maximum atomic E-state index is 12.2. The first-order valence-corrected chi connectivity index (χ1v) is 10.8. The van der Waals surface area contributed by atoms with Crippen LogP contribution in [0.5, 0.6) is 0 Å². The maximum absolute atomic E-state index is 12.2. The molecule has 2 amide bonds. The van der Waals surface area contributed by atoms with Gasteiger partial charge in [0.1, 0.15) is 11.0 Å². The minimum atomic E-state index is 0.00398. The van der Waals surface area contributed by atoms with E-state index in [9.17, 15) is 9.59 Å². The molecule has 1 aliphatic carbocycles. The Labute approximate surface area is 169 Å². The Morgan fingerprint density at radius 1 is 1.33 bits per heavy atom. The lowest BCUT2D eigenvalue weighted by molar-refractivity contribution is -0.133. The van der Waals surface area contributed by atoms with Crippen molar-refractivity contribution in [3.05, 3.63) is 11.2 Å². The average Bonchev–Trinajstić information content (AvgIpc) is 3.43. The molecule has 1 aromatic rings. The van der Waals surface area contributed by atoms with Crippen molar-refractivity contribution >= 4 is 41.0 Å². The van der Waals surface area contributed by atoms with Crippen molar-refractivity contribution in [2.45, 2.75) is 56.8 Å². The van der Waals surface area contributed by atoms with E-state index in [1.807, 2.05) is 11.8 Å². The van der Waals surface area contributed by atoms with E-state index in [1.165, 1.54) is 11.8 Å². The van der Waals surface area contributed by atoms with Crippen LogP contribution in [0.4, 0.5) is 5.82 Å². The molecule has 9 heteroatoms. The van der Waals surface area contributed by atoms with Crippen LogP contribution < -0.4 is 10.2 Å². The molecule has 1 saturated heterocycles. The lowest BCUT2D eigenvalue weighted by Gasteiger charge is -2.40. The predicted octanol–water partition coefficient (Wildman–Crippen LogP) is 2.34. The highest BCUT2D eigenvalue weighted by atomic mass is 35.5. The van der Waals surface area contributed by atoms with Crippen LogP contribution in [0.25, 0.3) is 0 Å². The molecule has 2 aliphatic rings. The van der Waals surface area contributed by atoms with Crippen LogP contribution in [0.15, 0.2) is 11.2 Å². The van der Waals surface area contributed by atoms with Gasteiger partial charge < -0.3 is 15.1 Å². The van der Waals surface area contributed by atoms with E-state index in [1.54, 1.807) is 6.07 Å². The molecule has 1 N–H and O–H groups in total. The Balaban J connectivity index is 1.60. The fourth-order valence-corrected chi connectivity index (χ4v) is 4.03. The molecule has 1 saturated carbocycles. The summed E-state index contributed by atoms with van der Waals surface area (Å²) >= 11 is 7.47. The zero-order valence-corrected chi connectivity index (χ0v) is 17.4. The Morgan fingerprint density at radius 3 is 2.78 bits per heavy atom. The summed E-state index contributed by atoms with van der Waals surface area (Å²) in [5, 5.41) is 3.82. The first-order valence-electron chi connectivity index (χ1n) is 9.47. The lowest BCUT2D eigenvalue weighted by Crippen LogP contribution is -2.54. The van der Waals surface area contributed by atoms with Crippen molar-refractivity contribution in [2.24, 2.45) is 0 Å². The fourth-order valence-electron chi connectivity index (χ4n) is 3.13. The number of hydrogen-bond acceptors (Lipinski definition) is 6. The molecule has 1 aliphatic heterocycles. The third-order valence-electron chi connectivity index (χ3n) is 4.67. The molecule has 0 spiro atoms. The molecule has 7 nitrogen and oxygen atoms in total. The summed E-state index contributed by atoms with van der Waals surface area (Å²) in [6.07, 6.45) is 3.59. The molecule has 2 fully saturated rings. The number of nitrogens with zero attached hydrogens (tertiary/aromatic N) is 4. The third kappa shape index (κ3) is 5.72. The number of anilines is 1. The Bertz CT molecular complexity index is 700. The van der Waals surface area contributed by atoms with Gasteiger partial charge in [-0.1, -0.05) is 30.3 Å². The van der Waals surface area contributed by atoms with E-state index in [4.69, 9.17) is 11.6 Å². The molecular weight excluding hydrogens is 386 g/mol. The molecule has 1 aromatic heterocycles. The van der Waals surface area contributed by atoms with Crippen molar-refractivity contribution < 1.29 is 9.59 Å². The summed E-state index contributed by atoms with van der Waals surface area (Å²) in [5.74, 6) is 1.24. The Hall–Kier alpha value is -1.54. The van der Waals surface area contributed by atoms with E-state index < -0.39 is 0 Å². The molecule has 0 bridgehead atoms. The fraction of sp³-hybridized carbons (Fsp3) is 0.667. The van der Waals surface area contributed by atoms with Gasteiger partial charge in [0, 0.05) is 44.2 Å². The Morgan fingerprint density at radius 2 is 2.11 bits per heavy atom. The van der Waals surface area contributed by atoms with Crippen LogP contribution in [0.1, 0.15) is 39.5 Å². The standard InChI is InChI=1S/C18H26ClN5O2S/c1-3-4-17(26)24-8-7-23(10-12(24)2)15-9-14(19)21-18(22-15)27-11-16(25)20-13-5-6-13/h9,12-13H,3-8,10-11H2,1-2H3,(H,20,25)/t12-/m0/s1. The molecular formula is C18H26ClN5O2S. The monoisotopic (exact) mass is 411 g/mol. The molecule has 3 rings (SSSR count). The van der Waals surface area contributed by atoms with Gasteiger partial charge in [0.25, 0.3) is 0 Å². The number of aromatic nitrogens is 2. The summed E-state index contributed by atoms with van der Waals surface area (Å²) < 4.78 is 0. The molecule has 1 atom stereocenters. The summed E-state index contributed by atoms with van der Waals surface area (Å²) in [6.45, 7) is 6.16. The lowest BCUT2D eigenvalue weighted by atomic mass is 10.1. The van der Waals surface area contributed by atoms with Crippen LogP contribution in [0, 0.1) is 0 Å². The normalized spacial score (nSPS) is 19.9. The maximum Gasteiger partial charge on any atom is 0.230 e. The van der Waals surface area contributed by atoms with Gasteiger partial charge in [-0.2, -0.15) is 0 Å². The number of nitrogens with one attached hydrogen (secondary N) is 1.